The van der Waals surface area contributed by atoms with Crippen molar-refractivity contribution >= 4 is 40.4 Å². The smallest absolute Gasteiger partial charge is 0.254 e. The van der Waals surface area contributed by atoms with E-state index in [1.165, 1.54) is 17.5 Å². The van der Waals surface area contributed by atoms with E-state index in [9.17, 15) is 4.79 Å². The lowest BCUT2D eigenvalue weighted by atomic mass is 10.3. The molecule has 1 amide bonds. The Morgan fingerprint density at radius 3 is 2.86 bits per heavy atom. The Balaban J connectivity index is 1.69. The number of amides is 1. The van der Waals surface area contributed by atoms with E-state index in [0.29, 0.717) is 21.5 Å². The number of rotatable bonds is 4. The maximum Gasteiger partial charge on any atom is 0.254 e. The Morgan fingerprint density at radius 1 is 1.27 bits per heavy atom. The van der Waals surface area contributed by atoms with E-state index >= 15 is 0 Å². The van der Waals surface area contributed by atoms with Crippen LogP contribution in [0.25, 0.3) is 5.69 Å². The minimum Gasteiger partial charge on any atom is -0.347 e. The van der Waals surface area contributed by atoms with Crippen LogP contribution in [0.3, 0.4) is 0 Å². The summed E-state index contributed by atoms with van der Waals surface area (Å²) >= 11 is 13.3. The Labute approximate surface area is 141 Å². The molecule has 2 aromatic heterocycles. The molecule has 0 bridgehead atoms. The van der Waals surface area contributed by atoms with Crippen LogP contribution in [0.5, 0.6) is 0 Å². The molecule has 0 saturated carbocycles. The van der Waals surface area contributed by atoms with Crippen molar-refractivity contribution in [3.05, 3.63) is 68.6 Å². The lowest BCUT2D eigenvalue weighted by Crippen LogP contribution is -2.21. The molecule has 0 fully saturated rings. The molecule has 3 rings (SSSR count). The topological polar surface area (TPSA) is 46.9 Å². The Hall–Kier alpha value is -1.82. The summed E-state index contributed by atoms with van der Waals surface area (Å²) in [7, 11) is 0. The zero-order valence-corrected chi connectivity index (χ0v) is 13.6. The number of nitrogens with zero attached hydrogens (tertiary/aromatic N) is 2. The van der Waals surface area contributed by atoms with Gasteiger partial charge in [0.2, 0.25) is 0 Å². The molecule has 0 spiro atoms. The SMILES string of the molecule is O=C(NCc1ccc(Cl)s1)c1cnn(-c2cccc(Cl)c2)c1. The van der Waals surface area contributed by atoms with Crippen molar-refractivity contribution in [3.63, 3.8) is 0 Å². The van der Waals surface area contributed by atoms with E-state index in [1.807, 2.05) is 24.3 Å². The van der Waals surface area contributed by atoms with Crippen LogP contribution in [0.15, 0.2) is 48.8 Å². The first kappa shape index (κ1) is 15.1. The van der Waals surface area contributed by atoms with Crippen molar-refractivity contribution in [2.75, 3.05) is 0 Å². The fourth-order valence-corrected chi connectivity index (χ4v) is 3.13. The van der Waals surface area contributed by atoms with Crippen LogP contribution in [-0.4, -0.2) is 15.7 Å². The Bertz CT molecular complexity index is 812. The molecule has 0 radical (unpaired) electrons. The van der Waals surface area contributed by atoms with E-state index in [4.69, 9.17) is 23.2 Å². The van der Waals surface area contributed by atoms with Crippen LogP contribution >= 0.6 is 34.5 Å². The van der Waals surface area contributed by atoms with Gasteiger partial charge in [0.25, 0.3) is 5.91 Å². The Morgan fingerprint density at radius 2 is 2.14 bits per heavy atom. The van der Waals surface area contributed by atoms with Gasteiger partial charge in [-0.2, -0.15) is 5.10 Å². The summed E-state index contributed by atoms with van der Waals surface area (Å²) < 4.78 is 2.32. The second kappa shape index (κ2) is 6.52. The molecular weight excluding hydrogens is 341 g/mol. The molecule has 4 nitrogen and oxygen atoms in total. The summed E-state index contributed by atoms with van der Waals surface area (Å²) in [6, 6.07) is 11.0. The molecule has 112 valence electrons. The first-order valence-corrected chi connectivity index (χ1v) is 8.02. The van der Waals surface area contributed by atoms with E-state index in [2.05, 4.69) is 10.4 Å². The first-order chi connectivity index (χ1) is 10.6. The van der Waals surface area contributed by atoms with Gasteiger partial charge >= 0.3 is 0 Å². The third-order valence-corrected chi connectivity index (χ3v) is 4.44. The van der Waals surface area contributed by atoms with Gasteiger partial charge in [0.05, 0.1) is 28.3 Å². The predicted molar refractivity (Wildman–Crippen MR) is 89.1 cm³/mol. The monoisotopic (exact) mass is 351 g/mol. The number of aromatic nitrogens is 2. The van der Waals surface area contributed by atoms with Crippen molar-refractivity contribution in [1.29, 1.82) is 0 Å². The second-order valence-corrected chi connectivity index (χ2v) is 6.78. The number of thiophene rings is 1. The van der Waals surface area contributed by atoms with Gasteiger partial charge in [-0.05, 0) is 30.3 Å². The lowest BCUT2D eigenvalue weighted by molar-refractivity contribution is 0.0951. The molecule has 0 aliphatic rings. The van der Waals surface area contributed by atoms with Gasteiger partial charge in [-0.3, -0.25) is 4.79 Å². The fourth-order valence-electron chi connectivity index (χ4n) is 1.92. The maximum absolute atomic E-state index is 12.1. The van der Waals surface area contributed by atoms with Gasteiger partial charge in [0.1, 0.15) is 0 Å². The van der Waals surface area contributed by atoms with Gasteiger partial charge in [-0.1, -0.05) is 29.3 Å². The van der Waals surface area contributed by atoms with Crippen molar-refractivity contribution < 1.29 is 4.79 Å². The lowest BCUT2D eigenvalue weighted by Gasteiger charge is -2.02. The van der Waals surface area contributed by atoms with Crippen LogP contribution in [0.2, 0.25) is 9.36 Å². The molecule has 7 heteroatoms. The number of hydrogen-bond acceptors (Lipinski definition) is 3. The summed E-state index contributed by atoms with van der Waals surface area (Å²) in [5.74, 6) is -0.183. The molecule has 0 atom stereocenters. The molecule has 0 unspecified atom stereocenters. The summed E-state index contributed by atoms with van der Waals surface area (Å²) in [6.45, 7) is 0.443. The largest absolute Gasteiger partial charge is 0.347 e. The zero-order valence-electron chi connectivity index (χ0n) is 11.3. The number of benzene rings is 1. The quantitative estimate of drug-likeness (QED) is 0.766. The highest BCUT2D eigenvalue weighted by Gasteiger charge is 2.10. The van der Waals surface area contributed by atoms with E-state index in [0.717, 1.165) is 10.6 Å². The second-order valence-electron chi connectivity index (χ2n) is 4.54. The predicted octanol–water partition coefficient (Wildman–Crippen LogP) is 4.17. The van der Waals surface area contributed by atoms with Gasteiger partial charge < -0.3 is 5.32 Å². The third-order valence-electron chi connectivity index (χ3n) is 2.97. The van der Waals surface area contributed by atoms with E-state index < -0.39 is 0 Å². The van der Waals surface area contributed by atoms with Crippen molar-refractivity contribution in [2.45, 2.75) is 6.54 Å². The molecule has 0 aliphatic carbocycles. The van der Waals surface area contributed by atoms with Crippen LogP contribution < -0.4 is 5.32 Å². The molecule has 0 saturated heterocycles. The summed E-state index contributed by atoms with van der Waals surface area (Å²) in [6.07, 6.45) is 3.19. The van der Waals surface area contributed by atoms with E-state index in [1.54, 1.807) is 23.0 Å². The number of carbonyl (C=O) groups is 1. The van der Waals surface area contributed by atoms with Gasteiger partial charge in [0, 0.05) is 16.1 Å². The summed E-state index contributed by atoms with van der Waals surface area (Å²) in [5.41, 5.74) is 1.29. The van der Waals surface area contributed by atoms with Crippen molar-refractivity contribution in [1.82, 2.24) is 15.1 Å². The van der Waals surface area contributed by atoms with Crippen molar-refractivity contribution in [3.8, 4) is 5.69 Å². The molecule has 22 heavy (non-hydrogen) atoms. The van der Waals surface area contributed by atoms with Crippen LogP contribution in [0.4, 0.5) is 0 Å². The minimum absolute atomic E-state index is 0.183. The highest BCUT2D eigenvalue weighted by atomic mass is 35.5. The highest BCUT2D eigenvalue weighted by Crippen LogP contribution is 2.21. The number of hydrogen-bond donors (Lipinski definition) is 1. The van der Waals surface area contributed by atoms with Crippen LogP contribution in [0.1, 0.15) is 15.2 Å². The maximum atomic E-state index is 12.1. The van der Waals surface area contributed by atoms with Gasteiger partial charge in [0.15, 0.2) is 0 Å². The first-order valence-electron chi connectivity index (χ1n) is 6.45. The van der Waals surface area contributed by atoms with Crippen LogP contribution in [-0.2, 0) is 6.54 Å². The van der Waals surface area contributed by atoms with Gasteiger partial charge in [-0.15, -0.1) is 11.3 Å². The average Bonchev–Trinajstić information content (AvgIpc) is 3.14. The number of carbonyl (C=O) groups excluding carboxylic acids is 1. The normalized spacial score (nSPS) is 10.6. The molecule has 0 aliphatic heterocycles. The average molecular weight is 352 g/mol. The molecule has 3 aromatic rings. The molecule has 1 aromatic carbocycles. The Kier molecular flexibility index (Phi) is 4.47. The highest BCUT2D eigenvalue weighted by molar-refractivity contribution is 7.16. The fraction of sp³-hybridized carbons (Fsp3) is 0.0667. The number of halogens is 2. The molecule has 2 heterocycles. The summed E-state index contributed by atoms with van der Waals surface area (Å²) in [4.78, 5) is 13.1. The minimum atomic E-state index is -0.183. The van der Waals surface area contributed by atoms with E-state index in [-0.39, 0.29) is 5.91 Å². The third kappa shape index (κ3) is 3.50. The van der Waals surface area contributed by atoms with Crippen molar-refractivity contribution in [2.24, 2.45) is 0 Å². The molecular formula is C15H11Cl2N3OS. The zero-order chi connectivity index (χ0) is 15.5. The standard InChI is InChI=1S/C15H11Cl2N3OS/c16-11-2-1-3-12(6-11)20-9-10(7-19-20)15(21)18-8-13-4-5-14(17)22-13/h1-7,9H,8H2,(H,18,21). The number of nitrogens with one attached hydrogen (secondary N) is 1. The van der Waals surface area contributed by atoms with Crippen LogP contribution in [0, 0.1) is 0 Å². The molecule has 1 N–H and O–H groups in total. The summed E-state index contributed by atoms with van der Waals surface area (Å²) in [5, 5.41) is 7.64. The van der Waals surface area contributed by atoms with Gasteiger partial charge in [-0.25, -0.2) is 4.68 Å².